The van der Waals surface area contributed by atoms with E-state index in [0.717, 1.165) is 17.7 Å². The molecule has 1 fully saturated rings. The van der Waals surface area contributed by atoms with E-state index < -0.39 is 11.6 Å². The van der Waals surface area contributed by atoms with Crippen molar-refractivity contribution in [2.75, 3.05) is 44.9 Å². The van der Waals surface area contributed by atoms with Gasteiger partial charge in [0.05, 0.1) is 13.2 Å². The number of halogens is 3. The van der Waals surface area contributed by atoms with Crippen molar-refractivity contribution in [3.8, 4) is 5.75 Å². The Morgan fingerprint density at radius 2 is 1.91 bits per heavy atom. The molecule has 0 bridgehead atoms. The van der Waals surface area contributed by atoms with Crippen LogP contribution in [0.2, 0.25) is 0 Å². The number of nitrogens with zero attached hydrogens (tertiary/aromatic N) is 2. The van der Waals surface area contributed by atoms with Crippen molar-refractivity contribution in [2.45, 2.75) is 25.9 Å². The van der Waals surface area contributed by atoms with Crippen LogP contribution in [0.4, 0.5) is 14.5 Å². The van der Waals surface area contributed by atoms with Gasteiger partial charge in [0, 0.05) is 32.8 Å². The number of anilines is 1. The molecule has 1 heterocycles. The third kappa shape index (κ3) is 7.47. The zero-order valence-electron chi connectivity index (χ0n) is 18.4. The number of rotatable bonds is 9. The highest BCUT2D eigenvalue weighted by atomic mass is 127. The molecule has 9 heteroatoms. The van der Waals surface area contributed by atoms with E-state index in [1.165, 1.54) is 18.2 Å². The first-order chi connectivity index (χ1) is 15.1. The predicted molar refractivity (Wildman–Crippen MR) is 134 cm³/mol. The summed E-state index contributed by atoms with van der Waals surface area (Å²) in [7, 11) is 1.64. The predicted octanol–water partition coefficient (Wildman–Crippen LogP) is 3.94. The molecule has 2 aromatic rings. The molecule has 32 heavy (non-hydrogen) atoms. The molecule has 2 N–H and O–H groups in total. The Kier molecular flexibility index (Phi) is 10.9. The van der Waals surface area contributed by atoms with Crippen molar-refractivity contribution >= 4 is 35.6 Å². The van der Waals surface area contributed by atoms with E-state index in [9.17, 15) is 8.78 Å². The topological polar surface area (TPSA) is 58.1 Å². The summed E-state index contributed by atoms with van der Waals surface area (Å²) in [5.41, 5.74) is 1.06. The van der Waals surface area contributed by atoms with Crippen LogP contribution in [-0.4, -0.2) is 52.0 Å². The summed E-state index contributed by atoms with van der Waals surface area (Å²) >= 11 is 0. The smallest absolute Gasteiger partial charge is 0.191 e. The van der Waals surface area contributed by atoms with Crippen molar-refractivity contribution in [3.05, 3.63) is 59.7 Å². The summed E-state index contributed by atoms with van der Waals surface area (Å²) < 4.78 is 38.8. The van der Waals surface area contributed by atoms with Crippen LogP contribution in [0.15, 0.2) is 47.5 Å². The summed E-state index contributed by atoms with van der Waals surface area (Å²) in [5, 5.41) is 6.62. The molecule has 176 valence electrons. The quantitative estimate of drug-likeness (QED) is 0.211. The first-order valence-electron chi connectivity index (χ1n) is 10.5. The monoisotopic (exact) mass is 560 g/mol. The number of hydrogen-bond donors (Lipinski definition) is 2. The van der Waals surface area contributed by atoms with Gasteiger partial charge < -0.3 is 25.0 Å². The van der Waals surface area contributed by atoms with Crippen LogP contribution in [0.25, 0.3) is 0 Å². The van der Waals surface area contributed by atoms with Gasteiger partial charge in [-0.2, -0.15) is 0 Å². The minimum atomic E-state index is -0.533. The molecule has 0 aliphatic carbocycles. The lowest BCUT2D eigenvalue weighted by Crippen LogP contribution is -2.44. The average Bonchev–Trinajstić information content (AvgIpc) is 3.20. The zero-order chi connectivity index (χ0) is 22.1. The fourth-order valence-electron chi connectivity index (χ4n) is 3.53. The van der Waals surface area contributed by atoms with E-state index in [4.69, 9.17) is 9.47 Å². The average molecular weight is 560 g/mol. The van der Waals surface area contributed by atoms with Gasteiger partial charge in [-0.3, -0.25) is 0 Å². The molecule has 1 atom stereocenters. The Morgan fingerprint density at radius 3 is 2.62 bits per heavy atom. The number of hydrogen-bond acceptors (Lipinski definition) is 4. The maximum atomic E-state index is 14.1. The van der Waals surface area contributed by atoms with Gasteiger partial charge in [-0.15, -0.1) is 24.0 Å². The second-order valence-corrected chi connectivity index (χ2v) is 7.33. The molecule has 3 rings (SSSR count). The molecule has 6 nitrogen and oxygen atoms in total. The molecule has 1 saturated heterocycles. The lowest BCUT2D eigenvalue weighted by molar-refractivity contribution is 0.146. The van der Waals surface area contributed by atoms with Gasteiger partial charge in [-0.25, -0.2) is 13.8 Å². The maximum absolute atomic E-state index is 14.1. The Labute approximate surface area is 205 Å². The van der Waals surface area contributed by atoms with E-state index in [2.05, 4.69) is 15.6 Å². The van der Waals surface area contributed by atoms with Gasteiger partial charge in [0.15, 0.2) is 5.96 Å². The van der Waals surface area contributed by atoms with Crippen LogP contribution < -0.4 is 20.3 Å². The summed E-state index contributed by atoms with van der Waals surface area (Å²) in [5.74, 6) is 0.387. The second-order valence-electron chi connectivity index (χ2n) is 7.33. The summed E-state index contributed by atoms with van der Waals surface area (Å²) in [6.07, 6.45) is 0.765. The Hall–Kier alpha value is -2.14. The summed E-state index contributed by atoms with van der Waals surface area (Å²) in [6, 6.07) is 11.8. The van der Waals surface area contributed by atoms with Crippen LogP contribution >= 0.6 is 24.0 Å². The van der Waals surface area contributed by atoms with E-state index in [1.807, 2.05) is 31.2 Å². The molecule has 1 aliphatic heterocycles. The number of methoxy groups -OCH3 is 1. The minimum Gasteiger partial charge on any atom is -0.491 e. The molecule has 0 aromatic heterocycles. The Bertz CT molecular complexity index is 865. The molecule has 0 amide bonds. The van der Waals surface area contributed by atoms with Crippen molar-refractivity contribution in [1.82, 2.24) is 10.6 Å². The highest BCUT2D eigenvalue weighted by Crippen LogP contribution is 2.26. The molecule has 0 spiro atoms. The van der Waals surface area contributed by atoms with Crippen molar-refractivity contribution in [1.29, 1.82) is 0 Å². The third-order valence-corrected chi connectivity index (χ3v) is 5.00. The van der Waals surface area contributed by atoms with E-state index in [0.29, 0.717) is 45.4 Å². The van der Waals surface area contributed by atoms with E-state index in [1.54, 1.807) is 12.0 Å². The highest BCUT2D eigenvalue weighted by molar-refractivity contribution is 14.0. The van der Waals surface area contributed by atoms with Crippen molar-refractivity contribution in [2.24, 2.45) is 4.99 Å². The number of para-hydroxylation sites is 1. The lowest BCUT2D eigenvalue weighted by atomic mass is 10.2. The van der Waals surface area contributed by atoms with Crippen LogP contribution in [0.1, 0.15) is 18.9 Å². The molecule has 0 radical (unpaired) electrons. The van der Waals surface area contributed by atoms with Crippen LogP contribution in [0.5, 0.6) is 5.75 Å². The Morgan fingerprint density at radius 1 is 1.16 bits per heavy atom. The fraction of sp³-hybridized carbons (Fsp3) is 0.435. The minimum absolute atomic E-state index is 0. The van der Waals surface area contributed by atoms with Gasteiger partial charge >= 0.3 is 0 Å². The number of ether oxygens (including phenoxy) is 2. The lowest BCUT2D eigenvalue weighted by Gasteiger charge is -2.21. The van der Waals surface area contributed by atoms with Crippen LogP contribution in [0.3, 0.4) is 0 Å². The fourth-order valence-corrected chi connectivity index (χ4v) is 3.53. The van der Waals surface area contributed by atoms with Crippen molar-refractivity contribution < 1.29 is 18.3 Å². The standard InChI is InChI=1S/C23H30F2N4O2.HI/c1-3-26-23(27-15-17-6-4-7-19(14-17)31-13-12-30-2)28-18-10-11-29(16-18)22-20(24)8-5-9-21(22)25;/h4-9,14,18H,3,10-13,15-16H2,1-2H3,(H2,26,27,28);1H. The molecule has 1 unspecified atom stereocenters. The first-order valence-corrected chi connectivity index (χ1v) is 10.5. The second kappa shape index (κ2) is 13.4. The van der Waals surface area contributed by atoms with Crippen molar-refractivity contribution in [3.63, 3.8) is 0 Å². The van der Waals surface area contributed by atoms with Crippen LogP contribution in [0, 0.1) is 11.6 Å². The number of aliphatic imine (C=N–C) groups is 1. The largest absolute Gasteiger partial charge is 0.491 e. The molecular formula is C23H31F2IN4O2. The van der Waals surface area contributed by atoms with Gasteiger partial charge in [0.1, 0.15) is 29.7 Å². The van der Waals surface area contributed by atoms with E-state index in [-0.39, 0.29) is 35.7 Å². The third-order valence-electron chi connectivity index (χ3n) is 5.00. The molecule has 0 saturated carbocycles. The number of guanidine groups is 1. The zero-order valence-corrected chi connectivity index (χ0v) is 20.8. The normalized spacial score (nSPS) is 15.9. The number of benzene rings is 2. The van der Waals surface area contributed by atoms with Gasteiger partial charge in [-0.1, -0.05) is 18.2 Å². The van der Waals surface area contributed by atoms with Gasteiger partial charge in [0.2, 0.25) is 0 Å². The number of nitrogens with one attached hydrogen (secondary N) is 2. The first kappa shape index (κ1) is 26.1. The van der Waals surface area contributed by atoms with E-state index >= 15 is 0 Å². The molecule has 2 aromatic carbocycles. The summed E-state index contributed by atoms with van der Waals surface area (Å²) in [6.45, 7) is 5.30. The molecule has 1 aliphatic rings. The van der Waals surface area contributed by atoms with Gasteiger partial charge in [-0.05, 0) is 43.2 Å². The van der Waals surface area contributed by atoms with Gasteiger partial charge in [0.25, 0.3) is 0 Å². The SMILES string of the molecule is CCNC(=NCc1cccc(OCCOC)c1)NC1CCN(c2c(F)cccc2F)C1.I. The maximum Gasteiger partial charge on any atom is 0.191 e. The molecular weight excluding hydrogens is 529 g/mol. The summed E-state index contributed by atoms with van der Waals surface area (Å²) in [4.78, 5) is 6.41. The Balaban J connectivity index is 0.00000363. The van der Waals surface area contributed by atoms with Crippen LogP contribution in [-0.2, 0) is 11.3 Å². The highest BCUT2D eigenvalue weighted by Gasteiger charge is 2.27.